The number of carbonyl (C=O) groups is 4. The lowest BCUT2D eigenvalue weighted by molar-refractivity contribution is -0.186. The summed E-state index contributed by atoms with van der Waals surface area (Å²) in [5, 5.41) is 25.6. The Bertz CT molecular complexity index is 2730. The van der Waals surface area contributed by atoms with E-state index in [9.17, 15) is 19.2 Å². The van der Waals surface area contributed by atoms with Gasteiger partial charge in [-0.1, -0.05) is 146 Å². The van der Waals surface area contributed by atoms with Crippen LogP contribution in [0.2, 0.25) is 0 Å². The van der Waals surface area contributed by atoms with Gasteiger partial charge in [-0.25, -0.2) is 31.1 Å². The first kappa shape index (κ1) is 49.6. The zero-order valence-electron chi connectivity index (χ0n) is 37.0. The molecule has 3 amide bonds. The van der Waals surface area contributed by atoms with Gasteiger partial charge in [0.25, 0.3) is 17.7 Å². The van der Waals surface area contributed by atoms with E-state index in [0.717, 1.165) is 63.8 Å². The highest BCUT2D eigenvalue weighted by atomic mass is 16.8. The number of carboxylic acid groups (broad SMARTS) is 1. The number of hydrogen-bond donors (Lipinski definition) is 6. The van der Waals surface area contributed by atoms with Gasteiger partial charge in [-0.2, -0.15) is 0 Å². The molecule has 1 aliphatic heterocycles. The predicted octanol–water partition coefficient (Wildman–Crippen LogP) is 9.12. The summed E-state index contributed by atoms with van der Waals surface area (Å²) in [5.74, 6) is -2.59. The number of nitrogens with one attached hydrogen (secondary N) is 3. The Labute approximate surface area is 397 Å². The van der Waals surface area contributed by atoms with Crippen LogP contribution in [0.25, 0.3) is 44.5 Å². The SMILES string of the molecule is O=C(NO)c1ccc(-c2ccccc2)cn1.O=C(NO)c1ccc(-c2ccccc2)cn1.O=C(NOC1CCCCO1)c1ccc(-c2ccccc2)cn1.O=C(O)c1ccc(-c2ccccc2)cn1. The van der Waals surface area contributed by atoms with Gasteiger partial charge in [0.05, 0.1) is 0 Å². The second-order valence-electron chi connectivity index (χ2n) is 14.7. The molecule has 0 bridgehead atoms. The summed E-state index contributed by atoms with van der Waals surface area (Å²) in [6, 6.07) is 52.6. The fourth-order valence-electron chi connectivity index (χ4n) is 6.40. The molecule has 4 aromatic heterocycles. The fourth-order valence-corrected chi connectivity index (χ4v) is 6.40. The number of carbonyl (C=O) groups excluding carboxylic acids is 3. The number of hydroxylamine groups is 3. The van der Waals surface area contributed by atoms with Crippen molar-refractivity contribution in [3.05, 3.63) is 217 Å². The van der Waals surface area contributed by atoms with E-state index in [1.807, 2.05) is 127 Å². The van der Waals surface area contributed by atoms with Crippen molar-refractivity contribution < 1.29 is 44.3 Å². The third kappa shape index (κ3) is 15.4. The molecule has 1 atom stereocenters. The highest BCUT2D eigenvalue weighted by molar-refractivity contribution is 5.93. The highest BCUT2D eigenvalue weighted by Crippen LogP contribution is 2.21. The molecule has 348 valence electrons. The number of nitrogens with zero attached hydrogens (tertiary/aromatic N) is 4. The van der Waals surface area contributed by atoms with Crippen molar-refractivity contribution in [3.63, 3.8) is 0 Å². The molecule has 0 aliphatic carbocycles. The van der Waals surface area contributed by atoms with E-state index in [2.05, 4.69) is 25.4 Å². The number of aromatic carboxylic acids is 1. The summed E-state index contributed by atoms with van der Waals surface area (Å²) >= 11 is 0. The quantitative estimate of drug-likeness (QED) is 0.0555. The van der Waals surface area contributed by atoms with Crippen LogP contribution in [0, 0.1) is 0 Å². The molecule has 16 heteroatoms. The third-order valence-corrected chi connectivity index (χ3v) is 10.0. The van der Waals surface area contributed by atoms with E-state index in [4.69, 9.17) is 25.1 Å². The Morgan fingerprint density at radius 3 is 1.04 bits per heavy atom. The van der Waals surface area contributed by atoms with E-state index < -0.39 is 17.8 Å². The average molecular weight is 926 g/mol. The monoisotopic (exact) mass is 925 g/mol. The van der Waals surface area contributed by atoms with Crippen LogP contribution < -0.4 is 16.4 Å². The van der Waals surface area contributed by atoms with Crippen LogP contribution in [0.15, 0.2) is 195 Å². The molecule has 0 spiro atoms. The Morgan fingerprint density at radius 2 is 0.768 bits per heavy atom. The molecule has 0 radical (unpaired) electrons. The largest absolute Gasteiger partial charge is 0.477 e. The number of carboxylic acids is 1. The van der Waals surface area contributed by atoms with Crippen LogP contribution >= 0.6 is 0 Å². The molecule has 1 fully saturated rings. The number of benzene rings is 4. The lowest BCUT2D eigenvalue weighted by Crippen LogP contribution is -2.33. The molecule has 1 aliphatic rings. The second kappa shape index (κ2) is 26.4. The number of ether oxygens (including phenoxy) is 1. The van der Waals surface area contributed by atoms with Gasteiger partial charge in [0, 0.05) is 60.1 Å². The Morgan fingerprint density at radius 1 is 0.435 bits per heavy atom. The maximum Gasteiger partial charge on any atom is 0.354 e. The molecule has 9 rings (SSSR count). The fraction of sp³-hybridized carbons (Fsp3) is 0.0943. The molecular weight excluding hydrogens is 879 g/mol. The molecular formula is C53H47N7O9. The first-order valence-corrected chi connectivity index (χ1v) is 21.5. The van der Waals surface area contributed by atoms with Crippen LogP contribution in [0.4, 0.5) is 0 Å². The lowest BCUT2D eigenvalue weighted by Gasteiger charge is -2.21. The van der Waals surface area contributed by atoms with Crippen molar-refractivity contribution in [1.82, 2.24) is 36.4 Å². The first-order chi connectivity index (χ1) is 33.7. The zero-order valence-corrected chi connectivity index (χ0v) is 37.0. The highest BCUT2D eigenvalue weighted by Gasteiger charge is 2.17. The predicted molar refractivity (Wildman–Crippen MR) is 256 cm³/mol. The van der Waals surface area contributed by atoms with Gasteiger partial charge in [-0.05, 0) is 59.4 Å². The van der Waals surface area contributed by atoms with Crippen LogP contribution in [0.1, 0.15) is 61.2 Å². The van der Waals surface area contributed by atoms with Crippen molar-refractivity contribution in [2.75, 3.05) is 6.61 Å². The molecule has 6 N–H and O–H groups in total. The van der Waals surface area contributed by atoms with Crippen molar-refractivity contribution in [1.29, 1.82) is 0 Å². The standard InChI is InChI=1S/C17H18N2O3.2C12H10N2O2.C12H9NO2/c20-17(19-22-16-8-4-5-11-21-16)15-10-9-14(12-18-15)13-6-2-1-3-7-13;2*15-12(14-16)11-7-6-10(8-13-11)9-4-2-1-3-5-9;14-12(15)11-7-6-10(8-13-11)9-4-2-1-3-5-9/h1-3,6-7,9-10,12,16H,4-5,8,11H2,(H,19,20);2*1-8,16H,(H,14,15);1-8H,(H,14,15). The molecule has 8 aromatic rings. The molecule has 0 saturated carbocycles. The van der Waals surface area contributed by atoms with Gasteiger partial charge < -0.3 is 9.84 Å². The minimum atomic E-state index is -1.00. The van der Waals surface area contributed by atoms with Gasteiger partial charge in [0.15, 0.2) is 6.29 Å². The van der Waals surface area contributed by atoms with Crippen LogP contribution in [0.5, 0.6) is 0 Å². The molecule has 1 saturated heterocycles. The summed E-state index contributed by atoms with van der Waals surface area (Å²) in [4.78, 5) is 65.8. The number of rotatable bonds is 10. The Hall–Kier alpha value is -8.80. The van der Waals surface area contributed by atoms with Gasteiger partial charge in [-0.15, -0.1) is 0 Å². The summed E-state index contributed by atoms with van der Waals surface area (Å²) in [6.07, 6.45) is 8.96. The summed E-state index contributed by atoms with van der Waals surface area (Å²) in [6.45, 7) is 0.671. The maximum absolute atomic E-state index is 12.0. The molecule has 16 nitrogen and oxygen atoms in total. The Balaban J connectivity index is 0.000000153. The summed E-state index contributed by atoms with van der Waals surface area (Å²) < 4.78 is 5.38. The average Bonchev–Trinajstić information content (AvgIpc) is 3.44. The number of hydrogen-bond acceptors (Lipinski definition) is 12. The number of amides is 3. The van der Waals surface area contributed by atoms with Gasteiger partial charge in [-0.3, -0.25) is 39.8 Å². The molecule has 69 heavy (non-hydrogen) atoms. The first-order valence-electron chi connectivity index (χ1n) is 21.5. The van der Waals surface area contributed by atoms with Gasteiger partial charge in [0.2, 0.25) is 0 Å². The van der Waals surface area contributed by atoms with Crippen molar-refractivity contribution in [2.24, 2.45) is 0 Å². The normalized spacial score (nSPS) is 12.4. The van der Waals surface area contributed by atoms with Crippen molar-refractivity contribution in [3.8, 4) is 44.5 Å². The number of pyridine rings is 4. The van der Waals surface area contributed by atoms with Gasteiger partial charge >= 0.3 is 5.97 Å². The van der Waals surface area contributed by atoms with Crippen molar-refractivity contribution in [2.45, 2.75) is 25.6 Å². The third-order valence-electron chi connectivity index (χ3n) is 10.0. The van der Waals surface area contributed by atoms with Crippen LogP contribution in [-0.2, 0) is 9.57 Å². The van der Waals surface area contributed by atoms with E-state index in [-0.39, 0.29) is 29.3 Å². The topological polar surface area (TPSA) is 235 Å². The molecule has 4 aromatic carbocycles. The van der Waals surface area contributed by atoms with Crippen molar-refractivity contribution >= 4 is 23.7 Å². The minimum Gasteiger partial charge on any atom is -0.477 e. The van der Waals surface area contributed by atoms with E-state index in [1.54, 1.807) is 61.2 Å². The zero-order chi connectivity index (χ0) is 48.6. The van der Waals surface area contributed by atoms with E-state index in [1.165, 1.54) is 17.0 Å². The lowest BCUT2D eigenvalue weighted by atomic mass is 10.1. The molecule has 1 unspecified atom stereocenters. The second-order valence-corrected chi connectivity index (χ2v) is 14.7. The summed E-state index contributed by atoms with van der Waals surface area (Å²) in [5.41, 5.74) is 14.1. The smallest absolute Gasteiger partial charge is 0.354 e. The van der Waals surface area contributed by atoms with Crippen LogP contribution in [0.3, 0.4) is 0 Å². The molecule has 5 heterocycles. The van der Waals surface area contributed by atoms with Crippen LogP contribution in [-0.4, -0.2) is 72.0 Å². The van der Waals surface area contributed by atoms with E-state index in [0.29, 0.717) is 12.3 Å². The Kier molecular flexibility index (Phi) is 19.0. The van der Waals surface area contributed by atoms with Gasteiger partial charge in [0.1, 0.15) is 22.8 Å². The summed E-state index contributed by atoms with van der Waals surface area (Å²) in [7, 11) is 0. The minimum absolute atomic E-state index is 0.0645. The maximum atomic E-state index is 12.0. The van der Waals surface area contributed by atoms with E-state index >= 15 is 0 Å². The number of aromatic nitrogens is 4.